The van der Waals surface area contributed by atoms with E-state index in [0.717, 1.165) is 16.5 Å². The predicted octanol–water partition coefficient (Wildman–Crippen LogP) is 4.10. The third-order valence-electron chi connectivity index (χ3n) is 6.07. The van der Waals surface area contributed by atoms with Crippen LogP contribution in [0.5, 0.6) is 0 Å². The van der Waals surface area contributed by atoms with Crippen LogP contribution in [0, 0.1) is 5.92 Å². The molecule has 0 atom stereocenters. The molecule has 1 saturated heterocycles. The number of ether oxygens (including phenoxy) is 1. The number of ketones is 1. The topological polar surface area (TPSA) is 92.8 Å². The van der Waals surface area contributed by atoms with Crippen molar-refractivity contribution in [2.24, 2.45) is 5.92 Å². The lowest BCUT2D eigenvalue weighted by Crippen LogP contribution is -2.40. The van der Waals surface area contributed by atoms with Gasteiger partial charge in [0.1, 0.15) is 0 Å². The van der Waals surface area contributed by atoms with Gasteiger partial charge < -0.3 is 10.1 Å². The van der Waals surface area contributed by atoms with Gasteiger partial charge in [0, 0.05) is 24.3 Å². The monoisotopic (exact) mass is 480 g/mol. The van der Waals surface area contributed by atoms with E-state index in [2.05, 4.69) is 5.32 Å². The molecule has 0 aliphatic carbocycles. The van der Waals surface area contributed by atoms with E-state index < -0.39 is 10.0 Å². The minimum absolute atomic E-state index is 0.0484. The second kappa shape index (κ2) is 10.4. The van der Waals surface area contributed by atoms with Crippen LogP contribution in [0.4, 0.5) is 5.69 Å². The van der Waals surface area contributed by atoms with Crippen molar-refractivity contribution in [2.45, 2.75) is 24.7 Å². The number of anilines is 1. The maximum Gasteiger partial charge on any atom is 0.309 e. The van der Waals surface area contributed by atoms with E-state index in [4.69, 9.17) is 4.74 Å². The van der Waals surface area contributed by atoms with Gasteiger partial charge in [0.15, 0.2) is 5.78 Å². The van der Waals surface area contributed by atoms with Crippen LogP contribution < -0.4 is 5.32 Å². The average Bonchev–Trinajstić information content (AvgIpc) is 2.87. The number of hydrogen-bond donors (Lipinski definition) is 1. The van der Waals surface area contributed by atoms with E-state index in [1.165, 1.54) is 16.4 Å². The summed E-state index contributed by atoms with van der Waals surface area (Å²) in [4.78, 5) is 24.8. The second-order valence-electron chi connectivity index (χ2n) is 8.30. The van der Waals surface area contributed by atoms with Crippen LogP contribution >= 0.6 is 0 Å². The molecule has 0 saturated carbocycles. The Morgan fingerprint density at radius 3 is 2.44 bits per heavy atom. The zero-order valence-electron chi connectivity index (χ0n) is 19.1. The van der Waals surface area contributed by atoms with Crippen molar-refractivity contribution in [1.82, 2.24) is 4.31 Å². The van der Waals surface area contributed by atoms with Gasteiger partial charge in [0.05, 0.1) is 24.0 Å². The maximum absolute atomic E-state index is 13.2. The number of carbonyl (C=O) groups is 2. The minimum Gasteiger partial charge on any atom is -0.466 e. The fraction of sp³-hybridized carbons (Fsp3) is 0.308. The number of carbonyl (C=O) groups excluding carboxylic acids is 2. The normalized spacial score (nSPS) is 15.2. The smallest absolute Gasteiger partial charge is 0.309 e. The molecule has 0 bridgehead atoms. The highest BCUT2D eigenvalue weighted by Gasteiger charge is 2.33. The number of hydrogen-bond acceptors (Lipinski definition) is 6. The highest BCUT2D eigenvalue weighted by atomic mass is 32.2. The molecular weight excluding hydrogens is 452 g/mol. The number of rotatable bonds is 8. The second-order valence-corrected chi connectivity index (χ2v) is 10.2. The Labute approximate surface area is 199 Å². The van der Waals surface area contributed by atoms with E-state index in [0.29, 0.717) is 25.0 Å². The lowest BCUT2D eigenvalue weighted by molar-refractivity contribution is -0.149. The molecule has 7 nitrogen and oxygen atoms in total. The molecule has 1 fully saturated rings. The van der Waals surface area contributed by atoms with Crippen LogP contribution in [-0.2, 0) is 19.6 Å². The molecule has 178 valence electrons. The quantitative estimate of drug-likeness (QED) is 0.386. The number of piperidine rings is 1. The van der Waals surface area contributed by atoms with Crippen molar-refractivity contribution in [3.05, 3.63) is 72.3 Å². The van der Waals surface area contributed by atoms with E-state index in [1.54, 1.807) is 19.1 Å². The van der Waals surface area contributed by atoms with Crippen LogP contribution in [0.25, 0.3) is 10.8 Å². The van der Waals surface area contributed by atoms with Crippen LogP contribution in [0.3, 0.4) is 0 Å². The Bertz CT molecular complexity index is 1300. The molecule has 1 heterocycles. The maximum atomic E-state index is 13.2. The number of nitrogens with zero attached hydrogens (tertiary/aromatic N) is 1. The van der Waals surface area contributed by atoms with Gasteiger partial charge in [-0.05, 0) is 54.8 Å². The van der Waals surface area contributed by atoms with E-state index >= 15 is 0 Å². The summed E-state index contributed by atoms with van der Waals surface area (Å²) >= 11 is 0. The number of fused-ring (bicyclic) bond motifs is 1. The number of sulfonamides is 1. The molecule has 34 heavy (non-hydrogen) atoms. The largest absolute Gasteiger partial charge is 0.466 e. The van der Waals surface area contributed by atoms with Crippen molar-refractivity contribution in [3.8, 4) is 0 Å². The van der Waals surface area contributed by atoms with E-state index in [9.17, 15) is 18.0 Å². The van der Waals surface area contributed by atoms with Crippen molar-refractivity contribution >= 4 is 38.2 Å². The summed E-state index contributed by atoms with van der Waals surface area (Å²) in [6.07, 6.45) is 0.846. The molecule has 0 spiro atoms. The lowest BCUT2D eigenvalue weighted by atomic mass is 9.98. The van der Waals surface area contributed by atoms with Gasteiger partial charge >= 0.3 is 5.97 Å². The summed E-state index contributed by atoms with van der Waals surface area (Å²) in [7, 11) is -3.76. The van der Waals surface area contributed by atoms with E-state index in [1.807, 2.05) is 42.5 Å². The summed E-state index contributed by atoms with van der Waals surface area (Å²) < 4.78 is 32.7. The van der Waals surface area contributed by atoms with Crippen molar-refractivity contribution < 1.29 is 22.7 Å². The third kappa shape index (κ3) is 5.29. The standard InChI is InChI=1S/C26H28N2O5S/c1-2-33-26(30)20-12-14-28(15-13-20)34(31,32)24-9-5-8-22(17-24)25(29)18-27-23-11-10-19-6-3-4-7-21(19)16-23/h3-11,16-17,20,27H,2,12-15,18H2,1H3. The molecule has 0 amide bonds. The molecule has 0 aromatic heterocycles. The molecule has 3 aromatic rings. The number of nitrogens with one attached hydrogen (secondary N) is 1. The average molecular weight is 481 g/mol. The molecule has 3 aromatic carbocycles. The molecule has 4 rings (SSSR count). The third-order valence-corrected chi connectivity index (χ3v) is 7.96. The first-order chi connectivity index (χ1) is 16.4. The van der Waals surface area contributed by atoms with Gasteiger partial charge in [-0.15, -0.1) is 0 Å². The zero-order valence-corrected chi connectivity index (χ0v) is 19.9. The first-order valence-corrected chi connectivity index (χ1v) is 12.8. The number of esters is 1. The molecular formula is C26H28N2O5S. The van der Waals surface area contributed by atoms with Crippen molar-refractivity contribution in [2.75, 3.05) is 31.6 Å². The van der Waals surface area contributed by atoms with Gasteiger partial charge in [-0.2, -0.15) is 4.31 Å². The van der Waals surface area contributed by atoms with Crippen LogP contribution in [0.1, 0.15) is 30.1 Å². The van der Waals surface area contributed by atoms with Crippen LogP contribution in [-0.4, -0.2) is 50.7 Å². The molecule has 1 N–H and O–H groups in total. The molecule has 0 unspecified atom stereocenters. The molecule has 1 aliphatic heterocycles. The predicted molar refractivity (Wildman–Crippen MR) is 131 cm³/mol. The van der Waals surface area contributed by atoms with Gasteiger partial charge in [-0.1, -0.05) is 42.5 Å². The fourth-order valence-electron chi connectivity index (χ4n) is 4.15. The van der Waals surface area contributed by atoms with Crippen molar-refractivity contribution in [3.63, 3.8) is 0 Å². The van der Waals surface area contributed by atoms with Gasteiger partial charge in [0.2, 0.25) is 10.0 Å². The first kappa shape index (κ1) is 23.9. The molecule has 0 radical (unpaired) electrons. The summed E-state index contributed by atoms with van der Waals surface area (Å²) in [6.45, 7) is 2.60. The van der Waals surface area contributed by atoms with E-state index in [-0.39, 0.29) is 42.2 Å². The minimum atomic E-state index is -3.76. The molecule has 1 aliphatic rings. The van der Waals surface area contributed by atoms with Crippen LogP contribution in [0.15, 0.2) is 71.6 Å². The summed E-state index contributed by atoms with van der Waals surface area (Å²) in [5, 5.41) is 5.31. The summed E-state index contributed by atoms with van der Waals surface area (Å²) in [5.41, 5.74) is 1.15. The molecule has 8 heteroatoms. The number of Topliss-reactive ketones (excluding diaryl/α,β-unsaturated/α-hetero) is 1. The van der Waals surface area contributed by atoms with Crippen molar-refractivity contribution in [1.29, 1.82) is 0 Å². The Kier molecular flexibility index (Phi) is 7.29. The summed E-state index contributed by atoms with van der Waals surface area (Å²) in [6, 6.07) is 20.0. The van der Waals surface area contributed by atoms with Gasteiger partial charge in [-0.25, -0.2) is 8.42 Å². The Hall–Kier alpha value is -3.23. The lowest BCUT2D eigenvalue weighted by Gasteiger charge is -2.30. The highest BCUT2D eigenvalue weighted by Crippen LogP contribution is 2.25. The fourth-order valence-corrected chi connectivity index (χ4v) is 5.67. The zero-order chi connectivity index (χ0) is 24.1. The first-order valence-electron chi connectivity index (χ1n) is 11.4. The van der Waals surface area contributed by atoms with Crippen LogP contribution in [0.2, 0.25) is 0 Å². The Morgan fingerprint density at radius 2 is 1.71 bits per heavy atom. The Morgan fingerprint density at radius 1 is 0.971 bits per heavy atom. The summed E-state index contributed by atoms with van der Waals surface area (Å²) in [5.74, 6) is -0.752. The SMILES string of the molecule is CCOC(=O)C1CCN(S(=O)(=O)c2cccc(C(=O)CNc3ccc4ccccc4c3)c2)CC1. The van der Waals surface area contributed by atoms with Gasteiger partial charge in [0.25, 0.3) is 0 Å². The van der Waals surface area contributed by atoms with Gasteiger partial charge in [-0.3, -0.25) is 9.59 Å². The Balaban J connectivity index is 1.41. The highest BCUT2D eigenvalue weighted by molar-refractivity contribution is 7.89. The number of benzene rings is 3.